The minimum atomic E-state index is -1.29. The van der Waals surface area contributed by atoms with E-state index in [-0.39, 0.29) is 12.7 Å². The molecule has 0 aliphatic rings. The molecule has 2 N–H and O–H groups in total. The van der Waals surface area contributed by atoms with Gasteiger partial charge in [0, 0.05) is 0 Å². The maximum atomic E-state index is 11.9. The second kappa shape index (κ2) is 9.45. The molecule has 0 aliphatic heterocycles. The van der Waals surface area contributed by atoms with Gasteiger partial charge in [-0.3, -0.25) is 4.79 Å². The molecule has 7 nitrogen and oxygen atoms in total. The summed E-state index contributed by atoms with van der Waals surface area (Å²) in [5, 5.41) is 11.1. The quantitative estimate of drug-likeness (QED) is 0.710. The van der Waals surface area contributed by atoms with Crippen LogP contribution in [0.5, 0.6) is 0 Å². The van der Waals surface area contributed by atoms with E-state index in [2.05, 4.69) is 5.32 Å². The summed E-state index contributed by atoms with van der Waals surface area (Å²) >= 11 is 0. The van der Waals surface area contributed by atoms with Gasteiger partial charge in [0.25, 0.3) is 0 Å². The van der Waals surface area contributed by atoms with E-state index in [4.69, 9.17) is 14.6 Å². The van der Waals surface area contributed by atoms with Crippen molar-refractivity contribution in [3.05, 3.63) is 35.9 Å². The van der Waals surface area contributed by atoms with E-state index in [9.17, 15) is 14.4 Å². The Balaban J connectivity index is 2.56. The van der Waals surface area contributed by atoms with E-state index < -0.39 is 30.5 Å². The Labute approximate surface area is 134 Å². The molecular weight excluding hydrogens is 302 g/mol. The predicted molar refractivity (Wildman–Crippen MR) is 81.6 cm³/mol. The second-order valence-corrected chi connectivity index (χ2v) is 5.01. The molecule has 0 radical (unpaired) electrons. The first-order valence-corrected chi connectivity index (χ1v) is 7.31. The average molecular weight is 323 g/mol. The van der Waals surface area contributed by atoms with Crippen LogP contribution < -0.4 is 5.32 Å². The molecule has 0 heterocycles. The minimum Gasteiger partial charge on any atom is -0.481 e. The maximum absolute atomic E-state index is 11.9. The SMILES string of the molecule is CC[C@@H](C)OC(=O)[C@@H](CC(=O)O)NC(=O)OCc1ccccc1. The Bertz CT molecular complexity index is 531. The molecule has 7 heteroatoms. The number of ether oxygens (including phenoxy) is 2. The fraction of sp³-hybridized carbons (Fsp3) is 0.438. The summed E-state index contributed by atoms with van der Waals surface area (Å²) in [7, 11) is 0. The van der Waals surface area contributed by atoms with Crippen LogP contribution in [-0.2, 0) is 25.7 Å². The fourth-order valence-corrected chi connectivity index (χ4v) is 1.64. The molecule has 1 aromatic carbocycles. The largest absolute Gasteiger partial charge is 0.481 e. The molecule has 1 rings (SSSR count). The highest BCUT2D eigenvalue weighted by Gasteiger charge is 2.27. The number of nitrogens with one attached hydrogen (secondary N) is 1. The third-order valence-electron chi connectivity index (χ3n) is 3.06. The molecule has 0 saturated heterocycles. The van der Waals surface area contributed by atoms with Crippen molar-refractivity contribution >= 4 is 18.0 Å². The Hall–Kier alpha value is -2.57. The van der Waals surface area contributed by atoms with Crippen molar-refractivity contribution in [3.8, 4) is 0 Å². The average Bonchev–Trinajstić information content (AvgIpc) is 2.52. The lowest BCUT2D eigenvalue weighted by Gasteiger charge is -2.18. The zero-order chi connectivity index (χ0) is 17.2. The monoisotopic (exact) mass is 323 g/mol. The minimum absolute atomic E-state index is 0.0207. The standard InChI is InChI=1S/C16H21NO6/c1-3-11(2)23-15(20)13(9-14(18)19)17-16(21)22-10-12-7-5-4-6-8-12/h4-8,11,13H,3,9-10H2,1-2H3,(H,17,21)(H,18,19)/t11-,13-/m1/s1. The molecule has 2 atom stereocenters. The van der Waals surface area contributed by atoms with Gasteiger partial charge < -0.3 is 19.9 Å². The number of aliphatic carboxylic acids is 1. The summed E-state index contributed by atoms with van der Waals surface area (Å²) < 4.78 is 10.0. The lowest BCUT2D eigenvalue weighted by atomic mass is 10.2. The molecule has 1 amide bonds. The van der Waals surface area contributed by atoms with Crippen molar-refractivity contribution in [2.75, 3.05) is 0 Å². The van der Waals surface area contributed by atoms with E-state index >= 15 is 0 Å². The number of benzene rings is 1. The molecule has 23 heavy (non-hydrogen) atoms. The van der Waals surface area contributed by atoms with Crippen LogP contribution >= 0.6 is 0 Å². The molecule has 0 bridgehead atoms. The Kier molecular flexibility index (Phi) is 7.59. The van der Waals surface area contributed by atoms with E-state index in [1.165, 1.54) is 0 Å². The Morgan fingerprint density at radius 3 is 2.43 bits per heavy atom. The van der Waals surface area contributed by atoms with Crippen LogP contribution in [0.2, 0.25) is 0 Å². The highest BCUT2D eigenvalue weighted by molar-refractivity contribution is 5.85. The van der Waals surface area contributed by atoms with Crippen LogP contribution in [0.1, 0.15) is 32.3 Å². The summed E-state index contributed by atoms with van der Waals surface area (Å²) in [6, 6.07) is 7.70. The van der Waals surface area contributed by atoms with E-state index in [1.54, 1.807) is 31.2 Å². The van der Waals surface area contributed by atoms with Crippen molar-refractivity contribution in [1.29, 1.82) is 0 Å². The first-order chi connectivity index (χ1) is 10.9. The summed E-state index contributed by atoms with van der Waals surface area (Å²) in [5.41, 5.74) is 0.777. The predicted octanol–water partition coefficient (Wildman–Crippen LogP) is 2.10. The molecule has 126 valence electrons. The highest BCUT2D eigenvalue weighted by atomic mass is 16.6. The van der Waals surface area contributed by atoms with Crippen LogP contribution in [0.15, 0.2) is 30.3 Å². The first kappa shape index (κ1) is 18.5. The summed E-state index contributed by atoms with van der Waals surface area (Å²) in [5.74, 6) is -2.02. The summed E-state index contributed by atoms with van der Waals surface area (Å²) in [6.07, 6.45) is -1.22. The van der Waals surface area contributed by atoms with Gasteiger partial charge in [-0.1, -0.05) is 37.3 Å². The van der Waals surface area contributed by atoms with Gasteiger partial charge in [0.05, 0.1) is 12.5 Å². The van der Waals surface area contributed by atoms with Crippen molar-refractivity contribution in [2.45, 2.75) is 45.4 Å². The molecular formula is C16H21NO6. The van der Waals surface area contributed by atoms with Crippen LogP contribution in [-0.4, -0.2) is 35.3 Å². The molecule has 0 aromatic heterocycles. The molecule has 0 unspecified atom stereocenters. The number of esters is 1. The van der Waals surface area contributed by atoms with Crippen LogP contribution in [0.25, 0.3) is 0 Å². The number of carboxylic acid groups (broad SMARTS) is 1. The van der Waals surface area contributed by atoms with E-state index in [0.29, 0.717) is 6.42 Å². The molecule has 0 spiro atoms. The Morgan fingerprint density at radius 1 is 1.22 bits per heavy atom. The van der Waals surface area contributed by atoms with Crippen molar-refractivity contribution < 1.29 is 29.0 Å². The topological polar surface area (TPSA) is 102 Å². The number of carbonyl (C=O) groups excluding carboxylic acids is 2. The summed E-state index contributed by atoms with van der Waals surface area (Å²) in [6.45, 7) is 3.53. The van der Waals surface area contributed by atoms with Gasteiger partial charge in [-0.05, 0) is 18.9 Å². The molecule has 0 saturated carbocycles. The van der Waals surface area contributed by atoms with Crippen LogP contribution in [0, 0.1) is 0 Å². The van der Waals surface area contributed by atoms with Gasteiger partial charge in [0.2, 0.25) is 0 Å². The van der Waals surface area contributed by atoms with Gasteiger partial charge in [-0.25, -0.2) is 9.59 Å². The third-order valence-corrected chi connectivity index (χ3v) is 3.06. The number of hydrogen-bond acceptors (Lipinski definition) is 5. The van der Waals surface area contributed by atoms with Gasteiger partial charge in [0.15, 0.2) is 0 Å². The number of amides is 1. The normalized spacial score (nSPS) is 12.8. The Morgan fingerprint density at radius 2 is 1.87 bits per heavy atom. The zero-order valence-electron chi connectivity index (χ0n) is 13.2. The zero-order valence-corrected chi connectivity index (χ0v) is 13.2. The summed E-state index contributed by atoms with van der Waals surface area (Å²) in [4.78, 5) is 34.5. The van der Waals surface area contributed by atoms with Crippen molar-refractivity contribution in [1.82, 2.24) is 5.32 Å². The van der Waals surface area contributed by atoms with Crippen molar-refractivity contribution in [3.63, 3.8) is 0 Å². The van der Waals surface area contributed by atoms with E-state index in [0.717, 1.165) is 5.56 Å². The van der Waals surface area contributed by atoms with Gasteiger partial charge >= 0.3 is 18.0 Å². The van der Waals surface area contributed by atoms with E-state index in [1.807, 2.05) is 13.0 Å². The van der Waals surface area contributed by atoms with Gasteiger partial charge in [-0.15, -0.1) is 0 Å². The van der Waals surface area contributed by atoms with Gasteiger partial charge in [-0.2, -0.15) is 0 Å². The number of hydrogen-bond donors (Lipinski definition) is 2. The fourth-order valence-electron chi connectivity index (χ4n) is 1.64. The number of alkyl carbamates (subject to hydrolysis) is 1. The first-order valence-electron chi connectivity index (χ1n) is 7.31. The second-order valence-electron chi connectivity index (χ2n) is 5.01. The van der Waals surface area contributed by atoms with Crippen molar-refractivity contribution in [2.24, 2.45) is 0 Å². The highest BCUT2D eigenvalue weighted by Crippen LogP contribution is 2.05. The lowest BCUT2D eigenvalue weighted by Crippen LogP contribution is -2.44. The molecule has 0 fully saturated rings. The smallest absolute Gasteiger partial charge is 0.408 e. The van der Waals surface area contributed by atoms with Gasteiger partial charge in [0.1, 0.15) is 12.6 Å². The van der Waals surface area contributed by atoms with Crippen LogP contribution in [0.3, 0.4) is 0 Å². The molecule has 0 aliphatic carbocycles. The number of carboxylic acids is 1. The molecule has 1 aromatic rings. The number of rotatable bonds is 8. The maximum Gasteiger partial charge on any atom is 0.408 e. The lowest BCUT2D eigenvalue weighted by molar-refractivity contribution is -0.154. The third kappa shape index (κ3) is 7.30. The van der Waals surface area contributed by atoms with Crippen LogP contribution in [0.4, 0.5) is 4.79 Å². The number of carbonyl (C=O) groups is 3.